The molecule has 0 saturated heterocycles. The molecule has 0 radical (unpaired) electrons. The largest absolute Gasteiger partial charge is 0.487 e. The zero-order chi connectivity index (χ0) is 16.3. The minimum Gasteiger partial charge on any atom is -0.487 e. The van der Waals surface area contributed by atoms with Crippen LogP contribution in [-0.4, -0.2) is 24.1 Å². The van der Waals surface area contributed by atoms with Gasteiger partial charge in [-0.15, -0.1) is 15.9 Å². The SMILES string of the molecule is NS(O)(O)c1ccc(-n2cc(COc3ccccc3)nn2)cc1. The van der Waals surface area contributed by atoms with Crippen molar-refractivity contribution < 1.29 is 13.8 Å². The predicted octanol–water partition coefficient (Wildman–Crippen LogP) is 2.83. The van der Waals surface area contributed by atoms with Gasteiger partial charge in [0.1, 0.15) is 18.1 Å². The Kier molecular flexibility index (Phi) is 4.30. The second-order valence-electron chi connectivity index (χ2n) is 4.84. The maximum absolute atomic E-state index is 9.40. The van der Waals surface area contributed by atoms with Crippen LogP contribution in [0.2, 0.25) is 0 Å². The van der Waals surface area contributed by atoms with Crippen LogP contribution in [0.5, 0.6) is 5.75 Å². The number of benzene rings is 2. The molecule has 0 aliphatic rings. The number of para-hydroxylation sites is 1. The van der Waals surface area contributed by atoms with Crippen molar-refractivity contribution in [3.05, 3.63) is 66.5 Å². The van der Waals surface area contributed by atoms with Crippen LogP contribution in [-0.2, 0) is 6.61 Å². The van der Waals surface area contributed by atoms with Gasteiger partial charge in [-0.2, -0.15) is 0 Å². The van der Waals surface area contributed by atoms with E-state index in [9.17, 15) is 9.11 Å². The standard InChI is InChI=1S/C15H16N4O3S/c16-23(20,21)15-8-6-13(7-9-15)19-10-12(17-18-19)11-22-14-4-2-1-3-5-14/h1-10,20-21H,11,16H2. The highest BCUT2D eigenvalue weighted by Gasteiger charge is 2.10. The molecule has 0 saturated carbocycles. The number of hydrogen-bond acceptors (Lipinski definition) is 6. The predicted molar refractivity (Wildman–Crippen MR) is 87.4 cm³/mol. The number of hydrogen-bond donors (Lipinski definition) is 3. The van der Waals surface area contributed by atoms with Gasteiger partial charge < -0.3 is 4.74 Å². The number of nitrogens with two attached hydrogens (primary N) is 1. The summed E-state index contributed by atoms with van der Waals surface area (Å²) in [7, 11) is -3.20. The second-order valence-corrected chi connectivity index (χ2v) is 6.50. The highest BCUT2D eigenvalue weighted by molar-refractivity contribution is 8.22. The lowest BCUT2D eigenvalue weighted by atomic mass is 10.3. The average molecular weight is 332 g/mol. The Morgan fingerprint density at radius 1 is 1.04 bits per heavy atom. The van der Waals surface area contributed by atoms with Crippen molar-refractivity contribution in [1.29, 1.82) is 0 Å². The van der Waals surface area contributed by atoms with E-state index in [1.165, 1.54) is 0 Å². The number of rotatable bonds is 5. The summed E-state index contributed by atoms with van der Waals surface area (Å²) < 4.78 is 26.0. The molecule has 0 unspecified atom stereocenters. The van der Waals surface area contributed by atoms with Gasteiger partial charge in [0, 0.05) is 0 Å². The fraction of sp³-hybridized carbons (Fsp3) is 0.0667. The summed E-state index contributed by atoms with van der Waals surface area (Å²) >= 11 is 0. The van der Waals surface area contributed by atoms with Crippen LogP contribution in [0.15, 0.2) is 65.7 Å². The smallest absolute Gasteiger partial charge is 0.134 e. The first-order valence-corrected chi connectivity index (χ1v) is 8.39. The third-order valence-electron chi connectivity index (χ3n) is 3.12. The molecule has 0 amide bonds. The molecule has 0 aliphatic heterocycles. The number of ether oxygens (including phenoxy) is 1. The van der Waals surface area contributed by atoms with Crippen molar-refractivity contribution in [3.63, 3.8) is 0 Å². The molecule has 0 bridgehead atoms. The zero-order valence-corrected chi connectivity index (χ0v) is 12.9. The van der Waals surface area contributed by atoms with E-state index < -0.39 is 10.8 Å². The summed E-state index contributed by atoms with van der Waals surface area (Å²) in [6.45, 7) is 0.311. The van der Waals surface area contributed by atoms with Crippen molar-refractivity contribution >= 4 is 10.8 Å². The fourth-order valence-corrected chi connectivity index (χ4v) is 2.50. The van der Waals surface area contributed by atoms with E-state index in [2.05, 4.69) is 10.3 Å². The van der Waals surface area contributed by atoms with Gasteiger partial charge in [-0.25, -0.2) is 9.82 Å². The van der Waals surface area contributed by atoms with Gasteiger partial charge in [0.15, 0.2) is 0 Å². The molecule has 7 nitrogen and oxygen atoms in total. The quantitative estimate of drug-likeness (QED) is 0.663. The maximum atomic E-state index is 9.40. The van der Waals surface area contributed by atoms with E-state index >= 15 is 0 Å². The monoisotopic (exact) mass is 332 g/mol. The Hall–Kier alpha value is -2.39. The van der Waals surface area contributed by atoms with Gasteiger partial charge in [-0.3, -0.25) is 9.11 Å². The van der Waals surface area contributed by atoms with Gasteiger partial charge in [0.05, 0.1) is 16.8 Å². The van der Waals surface area contributed by atoms with Crippen LogP contribution < -0.4 is 9.88 Å². The molecule has 120 valence electrons. The molecule has 4 N–H and O–H groups in total. The van der Waals surface area contributed by atoms with Crippen LogP contribution in [0.1, 0.15) is 5.69 Å². The molecular weight excluding hydrogens is 316 g/mol. The normalized spacial score (nSPS) is 12.1. The van der Waals surface area contributed by atoms with E-state index in [0.29, 0.717) is 12.3 Å². The Labute approximate surface area is 134 Å². The third-order valence-corrected chi connectivity index (χ3v) is 4.08. The molecule has 23 heavy (non-hydrogen) atoms. The van der Waals surface area contributed by atoms with E-state index in [0.717, 1.165) is 11.4 Å². The number of nitrogens with zero attached hydrogens (tertiary/aromatic N) is 3. The Morgan fingerprint density at radius 2 is 1.74 bits per heavy atom. The Bertz CT molecular complexity index is 769. The van der Waals surface area contributed by atoms with Crippen molar-refractivity contribution in [2.75, 3.05) is 0 Å². The van der Waals surface area contributed by atoms with Gasteiger partial charge in [-0.05, 0) is 36.4 Å². The van der Waals surface area contributed by atoms with E-state index in [4.69, 9.17) is 9.88 Å². The molecule has 0 aliphatic carbocycles. The summed E-state index contributed by atoms with van der Waals surface area (Å²) in [6.07, 6.45) is 1.75. The summed E-state index contributed by atoms with van der Waals surface area (Å²) in [5.41, 5.74) is 1.41. The van der Waals surface area contributed by atoms with Gasteiger partial charge in [0.25, 0.3) is 0 Å². The lowest BCUT2D eigenvalue weighted by Gasteiger charge is -2.26. The van der Waals surface area contributed by atoms with Gasteiger partial charge >= 0.3 is 0 Å². The maximum Gasteiger partial charge on any atom is 0.134 e. The van der Waals surface area contributed by atoms with Gasteiger partial charge in [0.2, 0.25) is 0 Å². The van der Waals surface area contributed by atoms with Crippen molar-refractivity contribution in [3.8, 4) is 11.4 Å². The minimum absolute atomic E-state index is 0.272. The topological polar surface area (TPSA) is 106 Å². The highest BCUT2D eigenvalue weighted by Crippen LogP contribution is 2.39. The molecule has 0 atom stereocenters. The van der Waals surface area contributed by atoms with Crippen LogP contribution in [0, 0.1) is 0 Å². The van der Waals surface area contributed by atoms with Crippen molar-refractivity contribution in [2.24, 2.45) is 5.14 Å². The van der Waals surface area contributed by atoms with E-state index in [1.807, 2.05) is 30.3 Å². The molecule has 0 spiro atoms. The van der Waals surface area contributed by atoms with Crippen LogP contribution in [0.4, 0.5) is 0 Å². The molecule has 3 rings (SSSR count). The summed E-state index contributed by atoms with van der Waals surface area (Å²) in [5, 5.41) is 13.4. The Balaban J connectivity index is 1.69. The third kappa shape index (κ3) is 3.88. The summed E-state index contributed by atoms with van der Waals surface area (Å²) in [4.78, 5) is 0.272. The molecule has 8 heteroatoms. The van der Waals surface area contributed by atoms with Crippen LogP contribution >= 0.6 is 10.8 Å². The molecule has 0 fully saturated rings. The summed E-state index contributed by atoms with van der Waals surface area (Å²) in [5.74, 6) is 0.763. The second kappa shape index (κ2) is 6.39. The highest BCUT2D eigenvalue weighted by atomic mass is 32.3. The zero-order valence-electron chi connectivity index (χ0n) is 12.1. The fourth-order valence-electron chi connectivity index (χ4n) is 1.96. The van der Waals surface area contributed by atoms with Gasteiger partial charge in [-0.1, -0.05) is 23.4 Å². The first-order chi connectivity index (χ1) is 11.0. The average Bonchev–Trinajstić information content (AvgIpc) is 3.02. The number of aromatic nitrogens is 3. The lowest BCUT2D eigenvalue weighted by Crippen LogP contribution is -2.08. The lowest BCUT2D eigenvalue weighted by molar-refractivity contribution is 0.301. The molecule has 3 aromatic rings. The molecule has 1 aromatic heterocycles. The summed E-state index contributed by atoms with van der Waals surface area (Å²) in [6, 6.07) is 15.9. The van der Waals surface area contributed by atoms with Crippen LogP contribution in [0.25, 0.3) is 5.69 Å². The first kappa shape index (κ1) is 15.5. The molecule has 2 aromatic carbocycles. The minimum atomic E-state index is -3.20. The Morgan fingerprint density at radius 3 is 2.39 bits per heavy atom. The first-order valence-electron chi connectivity index (χ1n) is 6.78. The molecule has 1 heterocycles. The van der Waals surface area contributed by atoms with Crippen molar-refractivity contribution in [1.82, 2.24) is 15.0 Å². The van der Waals surface area contributed by atoms with E-state index in [1.54, 1.807) is 35.1 Å². The molecular formula is C15H16N4O3S. The van der Waals surface area contributed by atoms with Crippen molar-refractivity contribution in [2.45, 2.75) is 11.5 Å². The van der Waals surface area contributed by atoms with Crippen LogP contribution in [0.3, 0.4) is 0 Å². The van der Waals surface area contributed by atoms with E-state index in [-0.39, 0.29) is 4.90 Å².